The molecule has 0 aliphatic carbocycles. The monoisotopic (exact) mass is 283 g/mol. The summed E-state index contributed by atoms with van der Waals surface area (Å²) in [5, 5.41) is 0. The van der Waals surface area contributed by atoms with E-state index < -0.39 is 0 Å². The molecule has 3 nitrogen and oxygen atoms in total. The molecule has 0 N–H and O–H groups in total. The molecular weight excluding hydrogens is 262 g/mol. The lowest BCUT2D eigenvalue weighted by Gasteiger charge is -2.29. The summed E-state index contributed by atoms with van der Waals surface area (Å²) in [6, 6.07) is 10.4. The lowest BCUT2D eigenvalue weighted by atomic mass is 10.2. The van der Waals surface area contributed by atoms with E-state index in [1.54, 1.807) is 0 Å². The van der Waals surface area contributed by atoms with Crippen molar-refractivity contribution in [3.8, 4) is 0 Å². The minimum Gasteiger partial charge on any atom is -1.00 e. The van der Waals surface area contributed by atoms with E-state index in [1.165, 1.54) is 11.6 Å². The predicted octanol–water partition coefficient (Wildman–Crippen LogP) is -0.614. The average molecular weight is 284 g/mol. The topological polar surface area (TPSA) is 26.3 Å². The van der Waals surface area contributed by atoms with E-state index in [2.05, 4.69) is 44.9 Å². The molecule has 0 radical (unpaired) electrons. The van der Waals surface area contributed by atoms with Crippen LogP contribution in [0.4, 0.5) is 0 Å². The van der Waals surface area contributed by atoms with Crippen LogP contribution in [0.25, 0.3) is 0 Å². The van der Waals surface area contributed by atoms with Gasteiger partial charge in [0.15, 0.2) is 0 Å². The minimum atomic E-state index is -0.344. The van der Waals surface area contributed by atoms with E-state index in [-0.39, 0.29) is 18.4 Å². The maximum absolute atomic E-state index is 10.9. The number of benzene rings is 1. The van der Waals surface area contributed by atoms with E-state index >= 15 is 0 Å². The Bertz CT molecular complexity index is 390. The third-order valence-electron chi connectivity index (χ3n) is 2.77. The third kappa shape index (κ3) is 7.65. The van der Waals surface area contributed by atoms with Crippen LogP contribution in [0.5, 0.6) is 0 Å². The Balaban J connectivity index is 0.00000324. The second kappa shape index (κ2) is 8.73. The summed E-state index contributed by atoms with van der Waals surface area (Å²) in [7, 11) is 4.37. The number of hydrogen-bond donors (Lipinski definition) is 0. The van der Waals surface area contributed by atoms with Crippen LogP contribution in [0.2, 0.25) is 0 Å². The maximum Gasteiger partial charge on any atom is 0.330 e. The van der Waals surface area contributed by atoms with Gasteiger partial charge in [0.1, 0.15) is 6.54 Å². The molecule has 0 saturated heterocycles. The molecule has 0 amide bonds. The fourth-order valence-corrected chi connectivity index (χ4v) is 1.88. The third-order valence-corrected chi connectivity index (χ3v) is 2.77. The lowest BCUT2D eigenvalue weighted by Crippen LogP contribution is -3.00. The van der Waals surface area contributed by atoms with Gasteiger partial charge in [-0.1, -0.05) is 36.9 Å². The Kier molecular flexibility index (Phi) is 8.12. The molecule has 0 aromatic heterocycles. The summed E-state index contributed by atoms with van der Waals surface area (Å²) in [4.78, 5) is 10.9. The van der Waals surface area contributed by atoms with Gasteiger partial charge < -0.3 is 21.6 Å². The zero-order valence-electron chi connectivity index (χ0n) is 11.6. The molecule has 0 aliphatic heterocycles. The summed E-state index contributed by atoms with van der Waals surface area (Å²) in [6.07, 6.45) is 2.06. The number of carbonyl (C=O) groups excluding carboxylic acids is 1. The number of nitrogens with zero attached hydrogens (tertiary/aromatic N) is 1. The minimum absolute atomic E-state index is 0. The summed E-state index contributed by atoms with van der Waals surface area (Å²) < 4.78 is 5.85. The van der Waals surface area contributed by atoms with Crippen molar-refractivity contribution < 1.29 is 26.4 Å². The lowest BCUT2D eigenvalue weighted by molar-refractivity contribution is -0.903. The maximum atomic E-state index is 10.9. The van der Waals surface area contributed by atoms with Crippen molar-refractivity contribution in [3.05, 3.63) is 48.6 Å². The molecule has 106 valence electrons. The molecule has 1 rings (SSSR count). The van der Waals surface area contributed by atoms with Crippen LogP contribution in [-0.4, -0.2) is 37.7 Å². The van der Waals surface area contributed by atoms with E-state index in [9.17, 15) is 4.79 Å². The molecule has 0 unspecified atom stereocenters. The molecule has 0 aliphatic rings. The zero-order chi connectivity index (χ0) is 13.4. The summed E-state index contributed by atoms with van der Waals surface area (Å²) in [5.74, 6) is -0.344. The largest absolute Gasteiger partial charge is 1.00 e. The summed E-state index contributed by atoms with van der Waals surface area (Å²) >= 11 is 0. The number of esters is 1. The second-order valence-corrected chi connectivity index (χ2v) is 5.03. The number of quaternary nitrogens is 1. The number of hydrogen-bond acceptors (Lipinski definition) is 2. The second-order valence-electron chi connectivity index (χ2n) is 5.03. The van der Waals surface area contributed by atoms with E-state index in [4.69, 9.17) is 4.74 Å². The first-order valence-electron chi connectivity index (χ1n) is 6.18. The Morgan fingerprint density at radius 1 is 1.32 bits per heavy atom. The first-order chi connectivity index (χ1) is 8.53. The molecule has 19 heavy (non-hydrogen) atoms. The van der Waals surface area contributed by atoms with Gasteiger partial charge in [-0.3, -0.25) is 0 Å². The quantitative estimate of drug-likeness (QED) is 0.289. The van der Waals surface area contributed by atoms with E-state index in [1.807, 2.05) is 6.07 Å². The van der Waals surface area contributed by atoms with Gasteiger partial charge in [0, 0.05) is 18.1 Å². The summed E-state index contributed by atoms with van der Waals surface area (Å²) in [6.45, 7) is 5.78. The Labute approximate surface area is 121 Å². The molecule has 0 heterocycles. The molecule has 0 fully saturated rings. The molecule has 0 bridgehead atoms. The SMILES string of the molecule is C=CC(=O)OCCC[N+](C)(C)Cc1ccccc1.[Cl-]. The Hall–Kier alpha value is -1.32. The number of ether oxygens (including phenoxy) is 1. The molecule has 4 heteroatoms. The highest BCUT2D eigenvalue weighted by Gasteiger charge is 2.15. The van der Waals surface area contributed by atoms with Crippen LogP contribution in [0.3, 0.4) is 0 Å². The zero-order valence-corrected chi connectivity index (χ0v) is 12.4. The molecular formula is C15H22ClNO2. The smallest absolute Gasteiger partial charge is 0.330 e. The van der Waals surface area contributed by atoms with Crippen LogP contribution in [0.15, 0.2) is 43.0 Å². The highest BCUT2D eigenvalue weighted by atomic mass is 35.5. The number of carbonyl (C=O) groups is 1. The van der Waals surface area contributed by atoms with Gasteiger partial charge in [-0.2, -0.15) is 0 Å². The van der Waals surface area contributed by atoms with Gasteiger partial charge in [0.25, 0.3) is 0 Å². The predicted molar refractivity (Wildman–Crippen MR) is 72.9 cm³/mol. The molecule has 0 spiro atoms. The first-order valence-corrected chi connectivity index (χ1v) is 6.18. The first kappa shape index (κ1) is 17.7. The highest BCUT2D eigenvalue weighted by molar-refractivity contribution is 5.81. The van der Waals surface area contributed by atoms with Gasteiger partial charge in [-0.25, -0.2) is 4.79 Å². The Morgan fingerprint density at radius 2 is 1.95 bits per heavy atom. The summed E-state index contributed by atoms with van der Waals surface area (Å²) in [5.41, 5.74) is 1.32. The Morgan fingerprint density at radius 3 is 2.53 bits per heavy atom. The van der Waals surface area contributed by atoms with Crippen molar-refractivity contribution in [2.45, 2.75) is 13.0 Å². The van der Waals surface area contributed by atoms with Crippen LogP contribution < -0.4 is 12.4 Å². The van der Waals surface area contributed by atoms with Crippen molar-refractivity contribution in [3.63, 3.8) is 0 Å². The van der Waals surface area contributed by atoms with Crippen molar-refractivity contribution >= 4 is 5.97 Å². The van der Waals surface area contributed by atoms with E-state index in [0.717, 1.165) is 24.0 Å². The highest BCUT2D eigenvalue weighted by Crippen LogP contribution is 2.09. The van der Waals surface area contributed by atoms with Crippen molar-refractivity contribution in [1.29, 1.82) is 0 Å². The van der Waals surface area contributed by atoms with Gasteiger partial charge in [-0.05, 0) is 0 Å². The van der Waals surface area contributed by atoms with Crippen molar-refractivity contribution in [2.24, 2.45) is 0 Å². The molecule has 1 aromatic rings. The van der Waals surface area contributed by atoms with Crippen LogP contribution in [0, 0.1) is 0 Å². The molecule has 0 atom stereocenters. The fourth-order valence-electron chi connectivity index (χ4n) is 1.88. The van der Waals surface area contributed by atoms with Crippen LogP contribution >= 0.6 is 0 Å². The van der Waals surface area contributed by atoms with Gasteiger partial charge in [0.2, 0.25) is 0 Å². The molecule has 0 saturated carbocycles. The van der Waals surface area contributed by atoms with E-state index in [0.29, 0.717) is 6.61 Å². The van der Waals surface area contributed by atoms with Gasteiger partial charge in [0.05, 0.1) is 27.2 Å². The fraction of sp³-hybridized carbons (Fsp3) is 0.400. The standard InChI is InChI=1S/C15H22NO2.ClH/c1-4-15(17)18-12-8-11-16(2,3)13-14-9-6-5-7-10-14;/h4-7,9-10H,1,8,11-13H2,2-3H3;1H/q+1;/p-1. The van der Waals surface area contributed by atoms with Crippen molar-refractivity contribution in [2.75, 3.05) is 27.2 Å². The molecule has 1 aromatic carbocycles. The average Bonchev–Trinajstić information content (AvgIpc) is 2.35. The van der Waals surface area contributed by atoms with Crippen molar-refractivity contribution in [1.82, 2.24) is 0 Å². The van der Waals surface area contributed by atoms with Gasteiger partial charge in [-0.15, -0.1) is 0 Å². The number of halogens is 1. The van der Waals surface area contributed by atoms with Crippen LogP contribution in [0.1, 0.15) is 12.0 Å². The normalized spacial score (nSPS) is 10.4. The number of rotatable bonds is 7. The van der Waals surface area contributed by atoms with Crippen LogP contribution in [-0.2, 0) is 16.1 Å². The van der Waals surface area contributed by atoms with Gasteiger partial charge >= 0.3 is 5.97 Å².